The lowest BCUT2D eigenvalue weighted by molar-refractivity contribution is -0.128. The molecule has 6 N–H and O–H groups in total. The average molecular weight is 456 g/mol. The molecule has 3 rings (SSSR count). The van der Waals surface area contributed by atoms with E-state index in [9.17, 15) is 24.4 Å². The Hall–Kier alpha value is -3.69. The number of hydrogen-bond acceptors (Lipinski definition) is 6. The number of rotatable bonds is 11. The molecule has 2 fully saturated rings. The van der Waals surface area contributed by atoms with Crippen molar-refractivity contribution in [2.45, 2.75) is 44.2 Å². The minimum Gasteiger partial charge on any atom is -0.410 e. The maximum absolute atomic E-state index is 13.1. The number of nitrogens with two attached hydrogens (primary N) is 1. The van der Waals surface area contributed by atoms with Gasteiger partial charge in [-0.05, 0) is 36.8 Å². The second kappa shape index (κ2) is 11.3. The lowest BCUT2D eigenvalue weighted by Crippen LogP contribution is -2.54. The van der Waals surface area contributed by atoms with Gasteiger partial charge in [-0.15, -0.1) is 0 Å². The third-order valence-electron chi connectivity index (χ3n) is 5.82. The van der Waals surface area contributed by atoms with E-state index < -0.39 is 41.4 Å². The van der Waals surface area contributed by atoms with Gasteiger partial charge in [-0.1, -0.05) is 48.3 Å². The number of nitrogens with one attached hydrogen (secondary N) is 3. The van der Waals surface area contributed by atoms with Crippen molar-refractivity contribution in [1.29, 1.82) is 0 Å². The molecule has 1 aliphatic heterocycles. The summed E-state index contributed by atoms with van der Waals surface area (Å²) in [5.41, 5.74) is 5.72. The number of carbonyl (C=O) groups is 4. The Balaban J connectivity index is 1.70. The number of carbonyl (C=O) groups excluding carboxylic acids is 4. The van der Waals surface area contributed by atoms with Gasteiger partial charge in [-0.3, -0.25) is 19.2 Å². The SMILES string of the molecule is NC(=O)/C(=N\O)C(C[C@@H]1CCNC1=O)NC(=O)[C@H](CC1CC1)NC(=O)/C=C/c1ccccc1. The standard InChI is InChI=1S/C23H29N5O5/c24-21(30)20(28-33)17(13-16-10-11-25-22(16)31)27-23(32)18(12-15-6-7-15)26-19(29)9-8-14-4-2-1-3-5-14/h1-5,8-9,15-18,33H,6-7,10-13H2,(H2,24,30)(H,25,31)(H,26,29)(H,27,32)/b9-8+,28-20-/t16-,17?,18-/m0/s1. The van der Waals surface area contributed by atoms with E-state index >= 15 is 0 Å². The zero-order valence-electron chi connectivity index (χ0n) is 18.2. The number of oxime groups is 1. The van der Waals surface area contributed by atoms with Crippen LogP contribution in [0.5, 0.6) is 0 Å². The summed E-state index contributed by atoms with van der Waals surface area (Å²) in [6, 6.07) is 7.36. The molecule has 10 nitrogen and oxygen atoms in total. The van der Waals surface area contributed by atoms with Crippen molar-refractivity contribution >= 4 is 35.4 Å². The fourth-order valence-electron chi connectivity index (χ4n) is 3.83. The Morgan fingerprint density at radius 3 is 2.42 bits per heavy atom. The zero-order chi connectivity index (χ0) is 23.8. The summed E-state index contributed by atoms with van der Waals surface area (Å²) < 4.78 is 0. The lowest BCUT2D eigenvalue weighted by atomic mass is 9.94. The van der Waals surface area contributed by atoms with Gasteiger partial charge >= 0.3 is 0 Å². The molecule has 2 aliphatic rings. The molecule has 176 valence electrons. The Labute approximate surface area is 191 Å². The molecule has 4 amide bonds. The first-order chi connectivity index (χ1) is 15.9. The van der Waals surface area contributed by atoms with Gasteiger partial charge in [0.15, 0.2) is 5.71 Å². The summed E-state index contributed by atoms with van der Waals surface area (Å²) in [7, 11) is 0. The number of benzene rings is 1. The van der Waals surface area contributed by atoms with Crippen LogP contribution in [0.15, 0.2) is 41.6 Å². The molecule has 1 aliphatic carbocycles. The fourth-order valence-corrected chi connectivity index (χ4v) is 3.83. The Morgan fingerprint density at radius 2 is 1.85 bits per heavy atom. The van der Waals surface area contributed by atoms with Crippen LogP contribution in [0.4, 0.5) is 0 Å². The van der Waals surface area contributed by atoms with Crippen molar-refractivity contribution in [1.82, 2.24) is 16.0 Å². The summed E-state index contributed by atoms with van der Waals surface area (Å²) in [6.07, 6.45) is 5.95. The van der Waals surface area contributed by atoms with E-state index in [0.717, 1.165) is 18.4 Å². The number of primary amides is 1. The highest BCUT2D eigenvalue weighted by atomic mass is 16.4. The quantitative estimate of drug-likeness (QED) is 0.140. The first-order valence-corrected chi connectivity index (χ1v) is 11.0. The van der Waals surface area contributed by atoms with E-state index in [1.165, 1.54) is 6.08 Å². The Morgan fingerprint density at radius 1 is 1.12 bits per heavy atom. The minimum absolute atomic E-state index is 0.0535. The zero-order valence-corrected chi connectivity index (χ0v) is 18.2. The van der Waals surface area contributed by atoms with Crippen LogP contribution in [-0.2, 0) is 19.2 Å². The molecule has 0 aromatic heterocycles. The molecule has 1 saturated carbocycles. The molecule has 1 saturated heterocycles. The fraction of sp³-hybridized carbons (Fsp3) is 0.435. The summed E-state index contributed by atoms with van der Waals surface area (Å²) in [5, 5.41) is 20.3. The summed E-state index contributed by atoms with van der Waals surface area (Å²) in [6.45, 7) is 0.487. The van der Waals surface area contributed by atoms with E-state index in [1.54, 1.807) is 6.08 Å². The van der Waals surface area contributed by atoms with Crippen molar-refractivity contribution in [3.8, 4) is 0 Å². The van der Waals surface area contributed by atoms with Crippen LogP contribution in [0.1, 0.15) is 37.7 Å². The predicted molar refractivity (Wildman–Crippen MR) is 121 cm³/mol. The smallest absolute Gasteiger partial charge is 0.268 e. The van der Waals surface area contributed by atoms with Gasteiger partial charge in [-0.25, -0.2) is 0 Å². The monoisotopic (exact) mass is 455 g/mol. The molecular formula is C23H29N5O5. The molecule has 1 unspecified atom stereocenters. The van der Waals surface area contributed by atoms with Crippen molar-refractivity contribution < 1.29 is 24.4 Å². The molecule has 0 bridgehead atoms. The molecule has 0 spiro atoms. The highest BCUT2D eigenvalue weighted by Gasteiger charge is 2.35. The number of amides is 4. The summed E-state index contributed by atoms with van der Waals surface area (Å²) in [5.74, 6) is -2.32. The van der Waals surface area contributed by atoms with Gasteiger partial charge in [0.1, 0.15) is 6.04 Å². The van der Waals surface area contributed by atoms with Crippen molar-refractivity contribution in [3.05, 3.63) is 42.0 Å². The van der Waals surface area contributed by atoms with Crippen LogP contribution in [0.2, 0.25) is 0 Å². The lowest BCUT2D eigenvalue weighted by Gasteiger charge is -2.24. The molecular weight excluding hydrogens is 426 g/mol. The van der Waals surface area contributed by atoms with Crippen LogP contribution >= 0.6 is 0 Å². The number of hydrogen-bond donors (Lipinski definition) is 5. The van der Waals surface area contributed by atoms with Gasteiger partial charge in [0.25, 0.3) is 5.91 Å². The van der Waals surface area contributed by atoms with Gasteiger partial charge in [0, 0.05) is 18.5 Å². The van der Waals surface area contributed by atoms with Crippen LogP contribution in [0.25, 0.3) is 6.08 Å². The highest BCUT2D eigenvalue weighted by Crippen LogP contribution is 2.33. The van der Waals surface area contributed by atoms with Gasteiger partial charge in [-0.2, -0.15) is 0 Å². The second-order valence-corrected chi connectivity index (χ2v) is 8.41. The topological polar surface area (TPSA) is 163 Å². The Kier molecular flexibility index (Phi) is 8.17. The normalized spacial score (nSPS) is 20.2. The summed E-state index contributed by atoms with van der Waals surface area (Å²) in [4.78, 5) is 49.3. The molecule has 0 radical (unpaired) electrons. The summed E-state index contributed by atoms with van der Waals surface area (Å²) >= 11 is 0. The first kappa shape index (κ1) is 24.0. The first-order valence-electron chi connectivity index (χ1n) is 11.0. The van der Waals surface area contributed by atoms with Gasteiger partial charge in [0.05, 0.1) is 6.04 Å². The van der Waals surface area contributed by atoms with E-state index in [4.69, 9.17) is 5.73 Å². The van der Waals surface area contributed by atoms with Crippen molar-refractivity contribution in [3.63, 3.8) is 0 Å². The molecule has 1 aromatic carbocycles. The van der Waals surface area contributed by atoms with Crippen LogP contribution in [0.3, 0.4) is 0 Å². The third kappa shape index (κ3) is 7.16. The van der Waals surface area contributed by atoms with Crippen LogP contribution < -0.4 is 21.7 Å². The number of nitrogens with zero attached hydrogens (tertiary/aromatic N) is 1. The van der Waals surface area contributed by atoms with E-state index in [2.05, 4.69) is 21.1 Å². The second-order valence-electron chi connectivity index (χ2n) is 8.41. The molecule has 1 heterocycles. The van der Waals surface area contributed by atoms with E-state index in [1.807, 2.05) is 30.3 Å². The molecule has 10 heteroatoms. The Bertz CT molecular complexity index is 942. The average Bonchev–Trinajstić information content (AvgIpc) is 3.52. The predicted octanol–water partition coefficient (Wildman–Crippen LogP) is 0.311. The van der Waals surface area contributed by atoms with Gasteiger partial charge in [0.2, 0.25) is 17.7 Å². The molecule has 33 heavy (non-hydrogen) atoms. The largest absolute Gasteiger partial charge is 0.410 e. The third-order valence-corrected chi connectivity index (χ3v) is 5.82. The van der Waals surface area contributed by atoms with Crippen LogP contribution in [-0.4, -0.2) is 53.2 Å². The maximum Gasteiger partial charge on any atom is 0.268 e. The van der Waals surface area contributed by atoms with Crippen molar-refractivity contribution in [2.75, 3.05) is 6.54 Å². The van der Waals surface area contributed by atoms with Crippen LogP contribution in [0, 0.1) is 11.8 Å². The molecule has 3 atom stereocenters. The highest BCUT2D eigenvalue weighted by molar-refractivity contribution is 6.40. The molecule has 1 aromatic rings. The van der Waals surface area contributed by atoms with Gasteiger partial charge < -0.3 is 26.9 Å². The maximum atomic E-state index is 13.1. The minimum atomic E-state index is -1.06. The van der Waals surface area contributed by atoms with Crippen molar-refractivity contribution in [2.24, 2.45) is 22.7 Å². The van der Waals surface area contributed by atoms with E-state index in [-0.39, 0.29) is 12.3 Å². The van der Waals surface area contributed by atoms with E-state index in [0.29, 0.717) is 25.3 Å².